The fourth-order valence-electron chi connectivity index (χ4n) is 2.33. The lowest BCUT2D eigenvalue weighted by molar-refractivity contribution is -0.128. The second-order valence-corrected chi connectivity index (χ2v) is 6.81. The quantitative estimate of drug-likeness (QED) is 0.845. The molecule has 1 unspecified atom stereocenters. The van der Waals surface area contributed by atoms with E-state index in [1.165, 1.54) is 31.2 Å². The molecular weight excluding hydrogens is 326 g/mol. The number of halogens is 1. The molecule has 0 bridgehead atoms. The Morgan fingerprint density at radius 1 is 1.05 bits per heavy atom. The lowest BCUT2D eigenvalue weighted by atomic mass is 9.95. The Labute approximate surface area is 133 Å². The van der Waals surface area contributed by atoms with Crippen molar-refractivity contribution in [3.63, 3.8) is 0 Å². The highest BCUT2D eigenvalue weighted by molar-refractivity contribution is 7.89. The highest BCUT2D eigenvalue weighted by atomic mass is 35.5. The van der Waals surface area contributed by atoms with E-state index >= 15 is 0 Å². The van der Waals surface area contributed by atoms with Crippen molar-refractivity contribution in [3.8, 4) is 0 Å². The van der Waals surface area contributed by atoms with Gasteiger partial charge in [0.15, 0.2) is 5.60 Å². The Morgan fingerprint density at radius 2 is 1.64 bits per heavy atom. The van der Waals surface area contributed by atoms with Crippen LogP contribution in [0.25, 0.3) is 0 Å². The largest absolute Gasteiger partial charge is 0.370 e. The van der Waals surface area contributed by atoms with Gasteiger partial charge in [0.25, 0.3) is 5.91 Å². The summed E-state index contributed by atoms with van der Waals surface area (Å²) in [6.45, 7) is 1.44. The minimum Gasteiger partial charge on any atom is -0.269 e. The van der Waals surface area contributed by atoms with Gasteiger partial charge in [-0.15, -0.1) is 0 Å². The molecule has 1 aliphatic rings. The Balaban J connectivity index is 2.10. The van der Waals surface area contributed by atoms with Crippen LogP contribution in [-0.2, 0) is 24.9 Å². The first-order chi connectivity index (χ1) is 10.3. The SMILES string of the molecule is CC1(c2ccccc2)OS(=O)(=O)N(c2ccc(Cl)cc2)C1=O. The number of rotatable bonds is 2. The summed E-state index contributed by atoms with van der Waals surface area (Å²) < 4.78 is 30.4. The van der Waals surface area contributed by atoms with Crippen molar-refractivity contribution in [2.75, 3.05) is 4.31 Å². The molecule has 3 rings (SSSR count). The standard InChI is InChI=1S/C15H12ClNO4S/c1-15(11-5-3-2-4-6-11)14(18)17(22(19,20)21-15)13-9-7-12(16)8-10-13/h2-10H,1H3. The molecule has 0 aromatic heterocycles. The Kier molecular flexibility index (Phi) is 3.47. The van der Waals surface area contributed by atoms with E-state index in [0.717, 1.165) is 0 Å². The summed E-state index contributed by atoms with van der Waals surface area (Å²) in [6, 6.07) is 14.4. The van der Waals surface area contributed by atoms with E-state index in [2.05, 4.69) is 0 Å². The maximum atomic E-state index is 12.7. The van der Waals surface area contributed by atoms with Gasteiger partial charge in [-0.05, 0) is 36.8 Å². The molecule has 2 aromatic rings. The van der Waals surface area contributed by atoms with Gasteiger partial charge in [0.2, 0.25) is 0 Å². The Hall–Kier alpha value is -1.89. The third-order valence-electron chi connectivity index (χ3n) is 3.47. The number of anilines is 1. The van der Waals surface area contributed by atoms with E-state index < -0.39 is 21.8 Å². The van der Waals surface area contributed by atoms with E-state index in [1.54, 1.807) is 30.3 Å². The van der Waals surface area contributed by atoms with Crippen molar-refractivity contribution in [2.24, 2.45) is 0 Å². The molecular formula is C15H12ClNO4S. The molecule has 0 radical (unpaired) electrons. The first kappa shape index (κ1) is 15.0. The van der Waals surface area contributed by atoms with Gasteiger partial charge in [0.05, 0.1) is 5.69 Å². The number of hydrogen-bond donors (Lipinski definition) is 0. The summed E-state index contributed by atoms with van der Waals surface area (Å²) in [5.41, 5.74) is -0.922. The third-order valence-corrected chi connectivity index (χ3v) is 5.09. The predicted molar refractivity (Wildman–Crippen MR) is 82.7 cm³/mol. The lowest BCUT2D eigenvalue weighted by Crippen LogP contribution is -2.36. The van der Waals surface area contributed by atoms with Gasteiger partial charge in [-0.1, -0.05) is 41.9 Å². The van der Waals surface area contributed by atoms with Crippen LogP contribution in [0.4, 0.5) is 5.69 Å². The van der Waals surface area contributed by atoms with Crippen LogP contribution >= 0.6 is 11.6 Å². The highest BCUT2D eigenvalue weighted by Crippen LogP contribution is 2.40. The summed E-state index contributed by atoms with van der Waals surface area (Å²) in [5.74, 6) is -0.666. The molecule has 1 amide bonds. The van der Waals surface area contributed by atoms with Crippen molar-refractivity contribution in [2.45, 2.75) is 12.5 Å². The van der Waals surface area contributed by atoms with E-state index in [1.807, 2.05) is 0 Å². The van der Waals surface area contributed by atoms with Gasteiger partial charge in [-0.25, -0.2) is 4.18 Å². The van der Waals surface area contributed by atoms with Crippen molar-refractivity contribution < 1.29 is 17.4 Å². The number of benzene rings is 2. The molecule has 114 valence electrons. The summed E-state index contributed by atoms with van der Waals surface area (Å²) in [6.07, 6.45) is 0. The second-order valence-electron chi connectivity index (χ2n) is 4.99. The molecule has 5 nitrogen and oxygen atoms in total. The van der Waals surface area contributed by atoms with E-state index in [9.17, 15) is 13.2 Å². The van der Waals surface area contributed by atoms with Crippen LogP contribution in [0.2, 0.25) is 5.02 Å². The van der Waals surface area contributed by atoms with Crippen molar-refractivity contribution in [1.29, 1.82) is 0 Å². The Morgan fingerprint density at radius 3 is 2.23 bits per heavy atom. The van der Waals surface area contributed by atoms with Gasteiger partial charge >= 0.3 is 10.3 Å². The molecule has 1 fully saturated rings. The van der Waals surface area contributed by atoms with Gasteiger partial charge in [-0.2, -0.15) is 12.7 Å². The predicted octanol–water partition coefficient (Wildman–Crippen LogP) is 2.86. The zero-order valence-corrected chi connectivity index (χ0v) is 13.1. The van der Waals surface area contributed by atoms with Crippen LogP contribution < -0.4 is 4.31 Å². The topological polar surface area (TPSA) is 63.7 Å². The van der Waals surface area contributed by atoms with Crippen LogP contribution in [-0.4, -0.2) is 14.3 Å². The third kappa shape index (κ3) is 2.29. The highest BCUT2D eigenvalue weighted by Gasteiger charge is 2.55. The summed E-state index contributed by atoms with van der Waals surface area (Å²) in [4.78, 5) is 12.7. The maximum absolute atomic E-state index is 12.7. The summed E-state index contributed by atoms with van der Waals surface area (Å²) in [7, 11) is -4.22. The van der Waals surface area contributed by atoms with Crippen LogP contribution in [0.5, 0.6) is 0 Å². The molecule has 0 saturated carbocycles. The molecule has 1 heterocycles. The molecule has 22 heavy (non-hydrogen) atoms. The second kappa shape index (κ2) is 5.08. The number of carbonyl (C=O) groups excluding carboxylic acids is 1. The average molecular weight is 338 g/mol. The van der Waals surface area contributed by atoms with E-state index in [0.29, 0.717) is 14.9 Å². The smallest absolute Gasteiger partial charge is 0.269 e. The summed E-state index contributed by atoms with van der Waals surface area (Å²) >= 11 is 5.79. The molecule has 0 aliphatic carbocycles. The average Bonchev–Trinajstić information content (AvgIpc) is 2.68. The molecule has 2 aromatic carbocycles. The summed E-state index contributed by atoms with van der Waals surface area (Å²) in [5, 5.41) is 0.444. The van der Waals surface area contributed by atoms with Gasteiger partial charge < -0.3 is 0 Å². The van der Waals surface area contributed by atoms with Crippen LogP contribution in [0.15, 0.2) is 54.6 Å². The lowest BCUT2D eigenvalue weighted by Gasteiger charge is -2.19. The number of carbonyl (C=O) groups is 1. The molecule has 0 N–H and O–H groups in total. The monoisotopic (exact) mass is 337 g/mol. The molecule has 0 spiro atoms. The normalized spacial score (nSPS) is 23.7. The van der Waals surface area contributed by atoms with Crippen molar-refractivity contribution in [3.05, 3.63) is 65.2 Å². The van der Waals surface area contributed by atoms with Crippen LogP contribution in [0, 0.1) is 0 Å². The fourth-order valence-corrected chi connectivity index (χ4v) is 3.88. The number of nitrogens with zero attached hydrogens (tertiary/aromatic N) is 1. The van der Waals surface area contributed by atoms with Crippen LogP contribution in [0.3, 0.4) is 0 Å². The molecule has 1 saturated heterocycles. The zero-order chi connectivity index (χ0) is 16.0. The first-order valence-electron chi connectivity index (χ1n) is 6.46. The Bertz CT molecular complexity index is 820. The van der Waals surface area contributed by atoms with Gasteiger partial charge in [-0.3, -0.25) is 4.79 Å². The zero-order valence-electron chi connectivity index (χ0n) is 11.6. The number of hydrogen-bond acceptors (Lipinski definition) is 4. The van der Waals surface area contributed by atoms with Crippen molar-refractivity contribution in [1.82, 2.24) is 0 Å². The number of amides is 1. The minimum absolute atomic E-state index is 0.189. The minimum atomic E-state index is -4.22. The van der Waals surface area contributed by atoms with Gasteiger partial charge in [0, 0.05) is 5.02 Å². The maximum Gasteiger partial charge on any atom is 0.370 e. The first-order valence-corrected chi connectivity index (χ1v) is 8.20. The molecule has 7 heteroatoms. The van der Waals surface area contributed by atoms with Crippen LogP contribution in [0.1, 0.15) is 12.5 Å². The van der Waals surface area contributed by atoms with Gasteiger partial charge in [0.1, 0.15) is 0 Å². The van der Waals surface area contributed by atoms with E-state index in [-0.39, 0.29) is 5.69 Å². The fraction of sp³-hybridized carbons (Fsp3) is 0.133. The van der Waals surface area contributed by atoms with Crippen molar-refractivity contribution >= 4 is 33.5 Å². The molecule has 1 aliphatic heterocycles. The van der Waals surface area contributed by atoms with E-state index in [4.69, 9.17) is 15.8 Å². The molecule has 1 atom stereocenters.